The second-order valence-electron chi connectivity index (χ2n) is 6.01. The van der Waals surface area contributed by atoms with Crippen molar-refractivity contribution >= 4 is 38.8 Å². The fourth-order valence-electron chi connectivity index (χ4n) is 2.64. The van der Waals surface area contributed by atoms with E-state index in [0.717, 1.165) is 16.2 Å². The molecule has 0 saturated carbocycles. The first-order chi connectivity index (χ1) is 12.7. The Balaban J connectivity index is 1.91. The lowest BCUT2D eigenvalue weighted by Gasteiger charge is -2.30. The van der Waals surface area contributed by atoms with Crippen LogP contribution in [0.2, 0.25) is 0 Å². The number of carbonyl (C=O) groups excluding carboxylic acids is 1. The number of halogens is 3. The fourth-order valence-corrected chi connectivity index (χ4v) is 4.44. The summed E-state index contributed by atoms with van der Waals surface area (Å²) in [6, 6.07) is 10.2. The summed E-state index contributed by atoms with van der Waals surface area (Å²) in [5.41, 5.74) is -2.96. The van der Waals surface area contributed by atoms with Gasteiger partial charge in [0, 0.05) is 11.4 Å². The van der Waals surface area contributed by atoms with Gasteiger partial charge in [-0.15, -0.1) is 22.7 Å². The van der Waals surface area contributed by atoms with E-state index in [2.05, 4.69) is 4.98 Å². The lowest BCUT2D eigenvalue weighted by Crippen LogP contribution is -2.47. The summed E-state index contributed by atoms with van der Waals surface area (Å²) in [6.45, 7) is 2.14. The van der Waals surface area contributed by atoms with E-state index >= 15 is 0 Å². The van der Waals surface area contributed by atoms with Gasteiger partial charge in [-0.2, -0.15) is 13.2 Å². The molecular weight excluding hydrogens is 397 g/mol. The molecule has 0 spiro atoms. The quantitative estimate of drug-likeness (QED) is 0.644. The Morgan fingerprint density at radius 1 is 1.22 bits per heavy atom. The van der Waals surface area contributed by atoms with Crippen molar-refractivity contribution in [1.29, 1.82) is 0 Å². The lowest BCUT2D eigenvalue weighted by molar-refractivity contribution is -0.268. The predicted molar refractivity (Wildman–Crippen MR) is 99.6 cm³/mol. The summed E-state index contributed by atoms with van der Waals surface area (Å²) in [5.74, 6) is -0.773. The minimum absolute atomic E-state index is 0.209. The third kappa shape index (κ3) is 3.99. The third-order valence-electron chi connectivity index (χ3n) is 4.18. The first-order valence-corrected chi connectivity index (χ1v) is 9.89. The molecule has 2 aromatic heterocycles. The standard InChI is InChI=1S/C18H17F3N2O2S2/c1-2-23(11-12-6-5-9-26-12)15(24)10-17(25,18(19,20)21)16-22-13-7-3-4-8-14(13)27-16/h3-9,25H,2,10-11H2,1H3. The van der Waals surface area contributed by atoms with Gasteiger partial charge in [-0.25, -0.2) is 4.98 Å². The number of thiophene rings is 1. The third-order valence-corrected chi connectivity index (χ3v) is 6.23. The maximum absolute atomic E-state index is 13.8. The van der Waals surface area contributed by atoms with E-state index in [-0.39, 0.29) is 13.1 Å². The van der Waals surface area contributed by atoms with E-state index in [1.54, 1.807) is 31.2 Å². The van der Waals surface area contributed by atoms with Crippen LogP contribution in [0.25, 0.3) is 10.2 Å². The number of fused-ring (bicyclic) bond motifs is 1. The molecule has 0 radical (unpaired) electrons. The van der Waals surface area contributed by atoms with Gasteiger partial charge < -0.3 is 10.0 Å². The average molecular weight is 414 g/mol. The lowest BCUT2D eigenvalue weighted by atomic mass is 9.98. The Bertz CT molecular complexity index is 891. The van der Waals surface area contributed by atoms with Crippen LogP contribution in [0.4, 0.5) is 13.2 Å². The van der Waals surface area contributed by atoms with Crippen LogP contribution in [0.3, 0.4) is 0 Å². The van der Waals surface area contributed by atoms with Crippen molar-refractivity contribution in [3.63, 3.8) is 0 Å². The van der Waals surface area contributed by atoms with Crippen molar-refractivity contribution in [2.24, 2.45) is 0 Å². The number of alkyl halides is 3. The van der Waals surface area contributed by atoms with Gasteiger partial charge in [-0.3, -0.25) is 4.79 Å². The van der Waals surface area contributed by atoms with Gasteiger partial charge in [0.2, 0.25) is 11.5 Å². The highest BCUT2D eigenvalue weighted by atomic mass is 32.1. The fraction of sp³-hybridized carbons (Fsp3) is 0.333. The molecule has 0 aliphatic rings. The molecule has 0 aliphatic carbocycles. The average Bonchev–Trinajstić information content (AvgIpc) is 3.27. The number of aromatic nitrogens is 1. The van der Waals surface area contributed by atoms with Crippen molar-refractivity contribution < 1.29 is 23.1 Å². The molecule has 2 heterocycles. The number of benzene rings is 1. The van der Waals surface area contributed by atoms with Crippen molar-refractivity contribution in [3.8, 4) is 0 Å². The summed E-state index contributed by atoms with van der Waals surface area (Å²) >= 11 is 2.17. The topological polar surface area (TPSA) is 53.4 Å². The number of rotatable bonds is 6. The van der Waals surface area contributed by atoms with Gasteiger partial charge >= 0.3 is 6.18 Å². The molecule has 3 aromatic rings. The summed E-state index contributed by atoms with van der Waals surface area (Å²) in [4.78, 5) is 18.7. The predicted octanol–water partition coefficient (Wildman–Crippen LogP) is 4.55. The molecular formula is C18H17F3N2O2S2. The van der Waals surface area contributed by atoms with Crippen LogP contribution in [0.5, 0.6) is 0 Å². The first-order valence-electron chi connectivity index (χ1n) is 8.20. The number of carbonyl (C=O) groups is 1. The van der Waals surface area contributed by atoms with Gasteiger partial charge in [0.05, 0.1) is 23.2 Å². The smallest absolute Gasteiger partial charge is 0.374 e. The molecule has 1 unspecified atom stereocenters. The van der Waals surface area contributed by atoms with Crippen LogP contribution >= 0.6 is 22.7 Å². The van der Waals surface area contributed by atoms with Crippen LogP contribution in [0.15, 0.2) is 41.8 Å². The molecule has 1 aromatic carbocycles. The van der Waals surface area contributed by atoms with Crippen LogP contribution < -0.4 is 0 Å². The zero-order chi connectivity index (χ0) is 19.7. The highest BCUT2D eigenvalue weighted by molar-refractivity contribution is 7.18. The Labute approximate surface area is 161 Å². The second kappa shape index (κ2) is 7.57. The van der Waals surface area contributed by atoms with E-state index in [9.17, 15) is 23.1 Å². The van der Waals surface area contributed by atoms with Crippen molar-refractivity contribution in [3.05, 3.63) is 51.7 Å². The van der Waals surface area contributed by atoms with Crippen molar-refractivity contribution in [1.82, 2.24) is 9.88 Å². The molecule has 0 fully saturated rings. The Morgan fingerprint density at radius 3 is 2.56 bits per heavy atom. The molecule has 4 nitrogen and oxygen atoms in total. The Hall–Kier alpha value is -1.97. The van der Waals surface area contributed by atoms with Crippen molar-refractivity contribution in [2.45, 2.75) is 31.7 Å². The van der Waals surface area contributed by atoms with E-state index in [1.807, 2.05) is 17.5 Å². The molecule has 0 saturated heterocycles. The summed E-state index contributed by atoms with van der Waals surface area (Å²) < 4.78 is 41.8. The summed E-state index contributed by atoms with van der Waals surface area (Å²) in [6.07, 6.45) is -6.13. The number of nitrogens with zero attached hydrogens (tertiary/aromatic N) is 2. The van der Waals surface area contributed by atoms with Crippen LogP contribution in [-0.2, 0) is 16.9 Å². The summed E-state index contributed by atoms with van der Waals surface area (Å²) in [7, 11) is 0. The molecule has 1 atom stereocenters. The SMILES string of the molecule is CCN(Cc1cccs1)C(=O)CC(O)(c1nc2ccccc2s1)C(F)(F)F. The molecule has 27 heavy (non-hydrogen) atoms. The minimum Gasteiger partial charge on any atom is -0.374 e. The van der Waals surface area contributed by atoms with Gasteiger partial charge in [-0.05, 0) is 30.5 Å². The molecule has 144 valence electrons. The van der Waals surface area contributed by atoms with Gasteiger partial charge in [0.25, 0.3) is 0 Å². The number of thiazole rings is 1. The zero-order valence-corrected chi connectivity index (χ0v) is 16.0. The van der Waals surface area contributed by atoms with E-state index in [0.29, 0.717) is 10.2 Å². The highest BCUT2D eigenvalue weighted by Gasteiger charge is 2.58. The van der Waals surface area contributed by atoms with E-state index in [4.69, 9.17) is 0 Å². The van der Waals surface area contributed by atoms with Gasteiger partial charge in [-0.1, -0.05) is 18.2 Å². The summed E-state index contributed by atoms with van der Waals surface area (Å²) in [5, 5.41) is 11.9. The van der Waals surface area contributed by atoms with Gasteiger partial charge in [0.15, 0.2) is 0 Å². The Morgan fingerprint density at radius 2 is 1.96 bits per heavy atom. The maximum Gasteiger partial charge on any atom is 0.424 e. The molecule has 3 rings (SSSR count). The van der Waals surface area contributed by atoms with Crippen LogP contribution in [-0.4, -0.2) is 33.6 Å². The van der Waals surface area contributed by atoms with Crippen LogP contribution in [0, 0.1) is 0 Å². The molecule has 1 N–H and O–H groups in total. The van der Waals surface area contributed by atoms with E-state index in [1.165, 1.54) is 16.2 Å². The monoisotopic (exact) mass is 414 g/mol. The first kappa shape index (κ1) is 19.8. The minimum atomic E-state index is -5.03. The largest absolute Gasteiger partial charge is 0.424 e. The maximum atomic E-state index is 13.8. The molecule has 9 heteroatoms. The van der Waals surface area contributed by atoms with E-state index < -0.39 is 29.1 Å². The number of amides is 1. The number of hydrogen-bond donors (Lipinski definition) is 1. The normalized spacial score (nSPS) is 14.3. The molecule has 1 amide bonds. The second-order valence-corrected chi connectivity index (χ2v) is 8.07. The zero-order valence-electron chi connectivity index (χ0n) is 14.4. The number of hydrogen-bond acceptors (Lipinski definition) is 5. The van der Waals surface area contributed by atoms with Crippen molar-refractivity contribution in [2.75, 3.05) is 6.54 Å². The highest BCUT2D eigenvalue weighted by Crippen LogP contribution is 2.44. The number of aliphatic hydroxyl groups is 1. The van der Waals surface area contributed by atoms with Gasteiger partial charge in [0.1, 0.15) is 5.01 Å². The van der Waals surface area contributed by atoms with Crippen LogP contribution in [0.1, 0.15) is 23.2 Å². The Kier molecular flexibility index (Phi) is 5.55. The number of para-hydroxylation sites is 1. The molecule has 0 bridgehead atoms. The molecule has 0 aliphatic heterocycles.